The van der Waals surface area contributed by atoms with E-state index in [9.17, 15) is 35.4 Å². The lowest BCUT2D eigenvalue weighted by Crippen LogP contribution is -2.59. The van der Waals surface area contributed by atoms with Crippen LogP contribution in [-0.2, 0) is 33.2 Å². The molecule has 0 spiro atoms. The molecule has 3 rings (SSSR count). The molecule has 3 heterocycles. The molecule has 2 saturated heterocycles. The Morgan fingerprint density at radius 3 is 2.29 bits per heavy atom. The summed E-state index contributed by atoms with van der Waals surface area (Å²) in [4.78, 5) is 13.9. The third kappa shape index (κ3) is 12.6. The molecule has 3 aliphatic rings. The fraction of sp³-hybridized carbons (Fsp3) is 0.756. The maximum Gasteiger partial charge on any atom is 0.373 e. The third-order valence-electron chi connectivity index (χ3n) is 12.5. The maximum absolute atomic E-state index is 13.9. The zero-order valence-electron chi connectivity index (χ0n) is 36.7. The zero-order valence-corrected chi connectivity index (χ0v) is 36.7. The van der Waals surface area contributed by atoms with Gasteiger partial charge in [0, 0.05) is 49.5 Å². The average Bonchev–Trinajstić information content (AvgIpc) is 3.17. The highest BCUT2D eigenvalue weighted by atomic mass is 16.7. The van der Waals surface area contributed by atoms with E-state index in [-0.39, 0.29) is 42.3 Å². The molecule has 0 aliphatic carbocycles. The molecule has 0 bridgehead atoms. The number of carbonyl (C=O) groups is 1. The second kappa shape index (κ2) is 22.4. The number of aliphatic hydroxyl groups is 6. The highest BCUT2D eigenvalue weighted by molar-refractivity contribution is 5.87. The van der Waals surface area contributed by atoms with Gasteiger partial charge in [-0.2, -0.15) is 0 Å². The van der Waals surface area contributed by atoms with Gasteiger partial charge in [0.1, 0.15) is 18.3 Å². The fourth-order valence-electron chi connectivity index (χ4n) is 8.64. The molecular weight excluding hydrogens is 748 g/mol. The van der Waals surface area contributed by atoms with Gasteiger partial charge in [0.25, 0.3) is 0 Å². The van der Waals surface area contributed by atoms with Gasteiger partial charge in [-0.05, 0) is 52.5 Å². The zero-order chi connectivity index (χ0) is 43.6. The van der Waals surface area contributed by atoms with E-state index in [0.717, 1.165) is 5.57 Å². The van der Waals surface area contributed by atoms with E-state index in [0.29, 0.717) is 18.4 Å². The van der Waals surface area contributed by atoms with Crippen molar-refractivity contribution in [3.8, 4) is 0 Å². The van der Waals surface area contributed by atoms with E-state index >= 15 is 0 Å². The Morgan fingerprint density at radius 2 is 1.71 bits per heavy atom. The van der Waals surface area contributed by atoms with Crippen LogP contribution >= 0.6 is 0 Å². The lowest BCUT2D eigenvalue weighted by molar-refractivity contribution is -0.339. The van der Waals surface area contributed by atoms with Crippen LogP contribution < -0.4 is 0 Å². The third-order valence-corrected chi connectivity index (χ3v) is 12.5. The molecule has 0 amide bonds. The average molecular weight is 823 g/mol. The summed E-state index contributed by atoms with van der Waals surface area (Å²) in [6.07, 6.45) is 3.82. The van der Waals surface area contributed by atoms with E-state index in [4.69, 9.17) is 28.4 Å². The monoisotopic (exact) mass is 823 g/mol. The number of rotatable bonds is 10. The molecule has 18 atom stereocenters. The number of hydrogen-bond acceptors (Lipinski definition) is 13. The second-order valence-electron chi connectivity index (χ2n) is 17.1. The molecule has 0 aromatic carbocycles. The molecule has 13 nitrogen and oxygen atoms in total. The highest BCUT2D eigenvalue weighted by Gasteiger charge is 2.52. The van der Waals surface area contributed by atoms with E-state index < -0.39 is 90.9 Å². The quantitative estimate of drug-likeness (QED) is 0.129. The first-order valence-electron chi connectivity index (χ1n) is 21.0. The Kier molecular flexibility index (Phi) is 19.3. The maximum atomic E-state index is 13.9. The van der Waals surface area contributed by atoms with Crippen molar-refractivity contribution < 1.29 is 63.9 Å². The van der Waals surface area contributed by atoms with Crippen molar-refractivity contribution in [2.24, 2.45) is 35.5 Å². The van der Waals surface area contributed by atoms with E-state index in [2.05, 4.69) is 0 Å². The number of esters is 1. The van der Waals surface area contributed by atoms with E-state index in [1.165, 1.54) is 20.3 Å². The first-order valence-corrected chi connectivity index (χ1v) is 21.0. The van der Waals surface area contributed by atoms with Gasteiger partial charge in [0.15, 0.2) is 12.1 Å². The van der Waals surface area contributed by atoms with Crippen LogP contribution in [0.3, 0.4) is 0 Å². The number of ether oxygens (including phenoxy) is 6. The van der Waals surface area contributed by atoms with E-state index in [1.54, 1.807) is 39.8 Å². The van der Waals surface area contributed by atoms with Crippen LogP contribution in [0.25, 0.3) is 0 Å². The summed E-state index contributed by atoms with van der Waals surface area (Å²) in [5.74, 6) is -5.78. The molecule has 332 valence electrons. The molecule has 0 saturated carbocycles. The normalized spacial score (nSPS) is 43.3. The Labute approximate surface area is 346 Å². The minimum Gasteiger partial charge on any atom is -0.490 e. The first-order chi connectivity index (χ1) is 27.2. The molecule has 0 radical (unpaired) electrons. The standard InChI is InChI=1S/C45H74O13/c1-13-16-34-28(7)37(56-38-22-33(46)42(50)31(10)55-38)23-45(52,58-34)30(9)41(49)29(8)43-35(53-11)18-15-17-24(3)19-26(5)39(47)32(14-2)40(48)27(6)20-25(4)21-36(54-12)44(51)57-43/h13,15-18,20-21,26-35,37-43,46-50,52H,14,19,22-23H2,1-12H3/b16-13+,18-15?,24-17+,25-20+,36-21-/t26-,27-,28-,29+,30+,31-,32?,33-,34-,35+,37-,38+,39+,40-,41-,42-,43-,45-/m1/s1. The minimum absolute atomic E-state index is 0.0414. The lowest BCUT2D eigenvalue weighted by Gasteiger charge is -2.49. The minimum atomic E-state index is -1.93. The predicted octanol–water partition coefficient (Wildman–Crippen LogP) is 4.88. The van der Waals surface area contributed by atoms with Crippen molar-refractivity contribution >= 4 is 5.97 Å². The smallest absolute Gasteiger partial charge is 0.373 e. The number of carbonyl (C=O) groups excluding carboxylic acids is 1. The van der Waals surface area contributed by atoms with Crippen LogP contribution in [-0.4, -0.2) is 124 Å². The predicted molar refractivity (Wildman–Crippen MR) is 220 cm³/mol. The number of cyclic esters (lactones) is 1. The van der Waals surface area contributed by atoms with Gasteiger partial charge in [-0.1, -0.05) is 89.1 Å². The van der Waals surface area contributed by atoms with Crippen molar-refractivity contribution in [2.75, 3.05) is 14.2 Å². The van der Waals surface area contributed by atoms with Gasteiger partial charge in [0.2, 0.25) is 5.76 Å². The molecular formula is C45H74O13. The van der Waals surface area contributed by atoms with E-state index in [1.807, 2.05) is 65.8 Å². The van der Waals surface area contributed by atoms with Crippen LogP contribution in [0.2, 0.25) is 0 Å². The summed E-state index contributed by atoms with van der Waals surface area (Å²) < 4.78 is 36.1. The van der Waals surface area contributed by atoms with Crippen LogP contribution in [0.1, 0.15) is 94.9 Å². The topological polar surface area (TPSA) is 194 Å². The fourth-order valence-corrected chi connectivity index (χ4v) is 8.64. The summed E-state index contributed by atoms with van der Waals surface area (Å²) in [5.41, 5.74) is 1.61. The first kappa shape index (κ1) is 49.9. The van der Waals surface area contributed by atoms with Crippen LogP contribution in [0.15, 0.2) is 59.4 Å². The lowest BCUT2D eigenvalue weighted by atomic mass is 9.77. The van der Waals surface area contributed by atoms with Crippen molar-refractivity contribution in [1.29, 1.82) is 0 Å². The molecule has 0 aromatic heterocycles. The summed E-state index contributed by atoms with van der Waals surface area (Å²) in [6.45, 7) is 18.3. The molecule has 13 heteroatoms. The van der Waals surface area contributed by atoms with Crippen molar-refractivity contribution in [1.82, 2.24) is 0 Å². The molecule has 3 aliphatic heterocycles. The Hall–Kier alpha value is -2.43. The summed E-state index contributed by atoms with van der Waals surface area (Å²) in [6, 6.07) is 0. The summed E-state index contributed by atoms with van der Waals surface area (Å²) in [5, 5.41) is 67.8. The SMILES string of the molecule is C/C=C/[C@H]1O[C@@](O)([C@@H](C)[C@H](O)[C@H](C)[C@H]2OC(=O)/C(OC)=C/C(C)=C/[C@@H](C)[C@@H](O)C(CC)[C@@H](O)[C@H](C)C/C(C)=C/C=C[C@@H]2OC)C[C@@H](O[C@H]2C[C@@H](O)[C@H](O)[C@@H](C)O2)[C@@H]1C. The summed E-state index contributed by atoms with van der Waals surface area (Å²) >= 11 is 0. The molecule has 1 unspecified atom stereocenters. The van der Waals surface area contributed by atoms with Crippen LogP contribution in [0, 0.1) is 35.5 Å². The van der Waals surface area contributed by atoms with Crippen molar-refractivity contribution in [3.05, 3.63) is 59.4 Å². The summed E-state index contributed by atoms with van der Waals surface area (Å²) in [7, 11) is 2.83. The highest BCUT2D eigenvalue weighted by Crippen LogP contribution is 2.42. The van der Waals surface area contributed by atoms with Gasteiger partial charge < -0.3 is 59.1 Å². The second-order valence-corrected chi connectivity index (χ2v) is 17.1. The van der Waals surface area contributed by atoms with Crippen LogP contribution in [0.4, 0.5) is 0 Å². The van der Waals surface area contributed by atoms with Crippen molar-refractivity contribution in [2.45, 2.75) is 168 Å². The number of methoxy groups -OCH3 is 2. The molecule has 58 heavy (non-hydrogen) atoms. The van der Waals surface area contributed by atoms with Gasteiger partial charge in [-0.15, -0.1) is 0 Å². The van der Waals surface area contributed by atoms with Crippen molar-refractivity contribution in [3.63, 3.8) is 0 Å². The van der Waals surface area contributed by atoms with Gasteiger partial charge in [-0.25, -0.2) is 4.79 Å². The molecule has 2 fully saturated rings. The molecule has 6 N–H and O–H groups in total. The number of hydrogen-bond donors (Lipinski definition) is 6. The molecule has 0 aromatic rings. The Bertz CT molecular complexity index is 1450. The van der Waals surface area contributed by atoms with Crippen LogP contribution in [0.5, 0.6) is 0 Å². The van der Waals surface area contributed by atoms with Gasteiger partial charge in [0.05, 0.1) is 49.8 Å². The largest absolute Gasteiger partial charge is 0.490 e. The van der Waals surface area contributed by atoms with Gasteiger partial charge in [-0.3, -0.25) is 0 Å². The number of aliphatic hydroxyl groups excluding tert-OH is 5. The number of allylic oxidation sites excluding steroid dienone is 6. The van der Waals surface area contributed by atoms with Gasteiger partial charge >= 0.3 is 5.97 Å². The Morgan fingerprint density at radius 1 is 1.03 bits per heavy atom. The Balaban J connectivity index is 2.02.